The molecule has 1 aromatic carbocycles. The number of aryl methyl sites for hydroxylation is 1. The summed E-state index contributed by atoms with van der Waals surface area (Å²) in [5, 5.41) is 17.6. The maximum Gasteiger partial charge on any atom is 0.319 e. The zero-order valence-electron chi connectivity index (χ0n) is 13.6. The number of nitrogens with one attached hydrogen (secondary N) is 3. The van der Waals surface area contributed by atoms with E-state index in [2.05, 4.69) is 16.0 Å². The van der Waals surface area contributed by atoms with Gasteiger partial charge >= 0.3 is 6.03 Å². The number of anilines is 1. The number of aliphatic hydroxyl groups excluding tert-OH is 1. The summed E-state index contributed by atoms with van der Waals surface area (Å²) >= 11 is 6.03. The van der Waals surface area contributed by atoms with Crippen LogP contribution in [0.5, 0.6) is 0 Å². The topological polar surface area (TPSA) is 111 Å². The minimum atomic E-state index is -0.911. The Kier molecular flexibility index (Phi) is 4.82. The first kappa shape index (κ1) is 17.5. The van der Waals surface area contributed by atoms with Gasteiger partial charge in [0.15, 0.2) is 0 Å². The van der Waals surface area contributed by atoms with Gasteiger partial charge in [0, 0.05) is 17.3 Å². The highest BCUT2D eigenvalue weighted by atomic mass is 35.5. The number of carbonyl (C=O) groups excluding carboxylic acids is 3. The van der Waals surface area contributed by atoms with Crippen LogP contribution in [-0.2, 0) is 9.59 Å². The van der Waals surface area contributed by atoms with Crippen LogP contribution in [-0.4, -0.2) is 59.1 Å². The third kappa shape index (κ3) is 3.54. The monoisotopic (exact) mass is 366 g/mol. The minimum absolute atomic E-state index is 0.232. The van der Waals surface area contributed by atoms with Crippen molar-refractivity contribution in [2.45, 2.75) is 31.5 Å². The fourth-order valence-corrected chi connectivity index (χ4v) is 3.29. The van der Waals surface area contributed by atoms with Crippen LogP contribution in [0.15, 0.2) is 18.2 Å². The number of aliphatic hydroxyl groups is 1. The van der Waals surface area contributed by atoms with Crippen molar-refractivity contribution in [1.82, 2.24) is 15.5 Å². The molecule has 3 atom stereocenters. The number of fused-ring (bicyclic) bond motifs is 1. The number of rotatable bonds is 3. The molecule has 2 aliphatic heterocycles. The Morgan fingerprint density at radius 3 is 2.88 bits per heavy atom. The molecule has 2 heterocycles. The fraction of sp³-hybridized carbons (Fsp3) is 0.438. The molecule has 0 saturated carbocycles. The summed E-state index contributed by atoms with van der Waals surface area (Å²) < 4.78 is 0. The molecule has 2 fully saturated rings. The molecule has 2 saturated heterocycles. The van der Waals surface area contributed by atoms with Crippen molar-refractivity contribution in [2.24, 2.45) is 0 Å². The Bertz CT molecular complexity index is 726. The Labute approximate surface area is 149 Å². The van der Waals surface area contributed by atoms with E-state index in [1.54, 1.807) is 18.2 Å². The number of urea groups is 1. The second-order valence-electron chi connectivity index (χ2n) is 6.25. The van der Waals surface area contributed by atoms with Crippen molar-refractivity contribution >= 4 is 35.1 Å². The number of benzene rings is 1. The Hall–Kier alpha value is -2.32. The molecular formula is C16H19ClN4O4. The van der Waals surface area contributed by atoms with E-state index in [1.807, 2.05) is 6.92 Å². The molecule has 4 N–H and O–H groups in total. The van der Waals surface area contributed by atoms with Gasteiger partial charge in [-0.2, -0.15) is 0 Å². The van der Waals surface area contributed by atoms with Crippen LogP contribution in [0.4, 0.5) is 10.5 Å². The summed E-state index contributed by atoms with van der Waals surface area (Å²) in [5.74, 6) is -0.643. The van der Waals surface area contributed by atoms with E-state index in [0.717, 1.165) is 5.56 Å². The zero-order valence-corrected chi connectivity index (χ0v) is 14.3. The summed E-state index contributed by atoms with van der Waals surface area (Å²) in [5.41, 5.74) is 1.46. The summed E-state index contributed by atoms with van der Waals surface area (Å²) in [4.78, 5) is 37.8. The van der Waals surface area contributed by atoms with Gasteiger partial charge in [0.1, 0.15) is 12.1 Å². The molecule has 2 aliphatic rings. The maximum atomic E-state index is 12.2. The summed E-state index contributed by atoms with van der Waals surface area (Å²) in [6, 6.07) is 2.87. The van der Waals surface area contributed by atoms with Gasteiger partial charge in [-0.25, -0.2) is 4.79 Å². The van der Waals surface area contributed by atoms with Crippen LogP contribution in [0.2, 0.25) is 5.02 Å². The number of carbonyl (C=O) groups is 3. The highest BCUT2D eigenvalue weighted by Crippen LogP contribution is 2.23. The van der Waals surface area contributed by atoms with Crippen LogP contribution < -0.4 is 16.0 Å². The molecule has 0 aromatic heterocycles. The summed E-state index contributed by atoms with van der Waals surface area (Å²) in [6.45, 7) is 1.65. The number of amides is 4. The van der Waals surface area contributed by atoms with Gasteiger partial charge in [-0.05, 0) is 31.0 Å². The van der Waals surface area contributed by atoms with E-state index in [0.29, 0.717) is 17.1 Å². The van der Waals surface area contributed by atoms with Gasteiger partial charge in [0.25, 0.3) is 0 Å². The summed E-state index contributed by atoms with van der Waals surface area (Å²) in [6.07, 6.45) is 0.331. The standard InChI is InChI=1S/C16H19ClN4O4/c1-8-2-3-9(4-11(8)17)18-16(25)19-10-5-13-14(23)20-12(7-22)15(24)21(13)6-10/h2-4,10,12-13,22H,5-7H2,1H3,(H,20,23)(H2,18,19,25)/t10-,12-,13-/m0/s1. The normalized spacial score (nSPS) is 25.4. The number of piperazine rings is 1. The smallest absolute Gasteiger partial charge is 0.319 e. The first-order valence-corrected chi connectivity index (χ1v) is 8.32. The molecule has 0 aliphatic carbocycles. The molecular weight excluding hydrogens is 348 g/mol. The highest BCUT2D eigenvalue weighted by molar-refractivity contribution is 6.31. The molecule has 25 heavy (non-hydrogen) atoms. The predicted octanol–water partition coefficient (Wildman–Crippen LogP) is 0.230. The molecule has 0 spiro atoms. The average molecular weight is 367 g/mol. The van der Waals surface area contributed by atoms with Crippen molar-refractivity contribution < 1.29 is 19.5 Å². The van der Waals surface area contributed by atoms with Gasteiger partial charge in [-0.1, -0.05) is 17.7 Å². The second-order valence-corrected chi connectivity index (χ2v) is 6.65. The fourth-order valence-electron chi connectivity index (χ4n) is 3.11. The summed E-state index contributed by atoms with van der Waals surface area (Å²) in [7, 11) is 0. The molecule has 3 rings (SSSR count). The number of hydrogen-bond acceptors (Lipinski definition) is 4. The third-order valence-corrected chi connectivity index (χ3v) is 4.86. The SMILES string of the molecule is Cc1ccc(NC(=O)N[C@H]2C[C@H]3C(=O)N[C@@H](CO)C(=O)N3C2)cc1Cl. The van der Waals surface area contributed by atoms with Gasteiger partial charge < -0.3 is 26.0 Å². The van der Waals surface area contributed by atoms with Crippen molar-refractivity contribution in [3.05, 3.63) is 28.8 Å². The third-order valence-electron chi connectivity index (χ3n) is 4.45. The number of halogens is 1. The highest BCUT2D eigenvalue weighted by Gasteiger charge is 2.46. The van der Waals surface area contributed by atoms with E-state index in [4.69, 9.17) is 16.7 Å². The molecule has 1 aromatic rings. The van der Waals surface area contributed by atoms with E-state index >= 15 is 0 Å². The molecule has 134 valence electrons. The molecule has 9 heteroatoms. The van der Waals surface area contributed by atoms with Crippen molar-refractivity contribution in [2.75, 3.05) is 18.5 Å². The Morgan fingerprint density at radius 2 is 2.20 bits per heavy atom. The van der Waals surface area contributed by atoms with Crippen molar-refractivity contribution in [3.8, 4) is 0 Å². The van der Waals surface area contributed by atoms with Crippen molar-refractivity contribution in [3.63, 3.8) is 0 Å². The van der Waals surface area contributed by atoms with Gasteiger partial charge in [0.05, 0.1) is 12.6 Å². The lowest BCUT2D eigenvalue weighted by Crippen LogP contribution is -2.62. The van der Waals surface area contributed by atoms with E-state index in [-0.39, 0.29) is 24.4 Å². The second kappa shape index (κ2) is 6.89. The average Bonchev–Trinajstić information content (AvgIpc) is 2.98. The van der Waals surface area contributed by atoms with Crippen LogP contribution in [0.1, 0.15) is 12.0 Å². The van der Waals surface area contributed by atoms with Crippen molar-refractivity contribution in [1.29, 1.82) is 0 Å². The first-order chi connectivity index (χ1) is 11.9. The maximum absolute atomic E-state index is 12.2. The lowest BCUT2D eigenvalue weighted by Gasteiger charge is -2.33. The minimum Gasteiger partial charge on any atom is -0.394 e. The van der Waals surface area contributed by atoms with Crippen LogP contribution in [0, 0.1) is 6.92 Å². The van der Waals surface area contributed by atoms with Gasteiger partial charge in [0.2, 0.25) is 11.8 Å². The molecule has 0 radical (unpaired) electrons. The van der Waals surface area contributed by atoms with Crippen LogP contribution in [0.3, 0.4) is 0 Å². The molecule has 4 amide bonds. The number of nitrogens with zero attached hydrogens (tertiary/aromatic N) is 1. The zero-order chi connectivity index (χ0) is 18.1. The quantitative estimate of drug-likeness (QED) is 0.613. The van der Waals surface area contributed by atoms with Gasteiger partial charge in [-0.15, -0.1) is 0 Å². The predicted molar refractivity (Wildman–Crippen MR) is 91.3 cm³/mol. The molecule has 8 nitrogen and oxygen atoms in total. The first-order valence-electron chi connectivity index (χ1n) is 7.94. The van der Waals surface area contributed by atoms with Crippen LogP contribution in [0.25, 0.3) is 0 Å². The molecule has 0 bridgehead atoms. The van der Waals surface area contributed by atoms with Crippen LogP contribution >= 0.6 is 11.6 Å². The van der Waals surface area contributed by atoms with E-state index < -0.39 is 24.7 Å². The Morgan fingerprint density at radius 1 is 1.44 bits per heavy atom. The van der Waals surface area contributed by atoms with Gasteiger partial charge in [-0.3, -0.25) is 9.59 Å². The van der Waals surface area contributed by atoms with E-state index in [9.17, 15) is 14.4 Å². The lowest BCUT2D eigenvalue weighted by molar-refractivity contribution is -0.148. The number of hydrogen-bond donors (Lipinski definition) is 4. The van der Waals surface area contributed by atoms with E-state index in [1.165, 1.54) is 4.90 Å². The largest absolute Gasteiger partial charge is 0.394 e. The molecule has 0 unspecified atom stereocenters. The lowest BCUT2D eigenvalue weighted by atomic mass is 10.1. The Balaban J connectivity index is 1.60.